The van der Waals surface area contributed by atoms with Crippen LogP contribution in [0, 0.1) is 0 Å². The lowest BCUT2D eigenvalue weighted by Crippen LogP contribution is -2.22. The van der Waals surface area contributed by atoms with Crippen LogP contribution < -0.4 is 4.72 Å². The summed E-state index contributed by atoms with van der Waals surface area (Å²) >= 11 is 10.5. The molecule has 0 aliphatic rings. The fraction of sp³-hybridized carbons (Fsp3) is 0.0833. The van der Waals surface area contributed by atoms with Gasteiger partial charge >= 0.3 is 5.97 Å². The van der Waals surface area contributed by atoms with Gasteiger partial charge in [0.1, 0.15) is 0 Å². The van der Waals surface area contributed by atoms with Crippen LogP contribution in [0.15, 0.2) is 39.0 Å². The second kappa shape index (κ2) is 6.45. The summed E-state index contributed by atoms with van der Waals surface area (Å²) in [6.07, 6.45) is 0. The van der Waals surface area contributed by atoms with Gasteiger partial charge in [-0.2, -0.15) is 0 Å². The molecular formula is C12H9BrClNO4S2. The summed E-state index contributed by atoms with van der Waals surface area (Å²) < 4.78 is 27.6. The van der Waals surface area contributed by atoms with Crippen LogP contribution in [0.2, 0.25) is 5.02 Å². The Morgan fingerprint density at radius 1 is 1.33 bits per heavy atom. The monoisotopic (exact) mass is 409 g/mol. The van der Waals surface area contributed by atoms with Gasteiger partial charge in [0.05, 0.1) is 19.3 Å². The van der Waals surface area contributed by atoms with Crippen molar-refractivity contribution in [3.63, 3.8) is 0 Å². The van der Waals surface area contributed by atoms with E-state index in [4.69, 9.17) is 16.7 Å². The molecule has 0 amide bonds. The number of thiophene rings is 1. The first-order chi connectivity index (χ1) is 9.79. The van der Waals surface area contributed by atoms with E-state index in [1.807, 2.05) is 6.07 Å². The van der Waals surface area contributed by atoms with Gasteiger partial charge in [-0.05, 0) is 46.3 Å². The van der Waals surface area contributed by atoms with Crippen LogP contribution in [0.1, 0.15) is 15.2 Å². The Hall–Kier alpha value is -0.930. The van der Waals surface area contributed by atoms with Gasteiger partial charge in [0, 0.05) is 11.4 Å². The zero-order valence-electron chi connectivity index (χ0n) is 10.3. The molecule has 1 heterocycles. The summed E-state index contributed by atoms with van der Waals surface area (Å²) in [5.74, 6) is -1.21. The van der Waals surface area contributed by atoms with E-state index >= 15 is 0 Å². The molecule has 9 heteroatoms. The van der Waals surface area contributed by atoms with Crippen LogP contribution >= 0.6 is 38.9 Å². The minimum Gasteiger partial charge on any atom is -0.478 e. The van der Waals surface area contributed by atoms with Crippen LogP contribution in [-0.4, -0.2) is 19.5 Å². The number of sulfonamides is 1. The average molecular weight is 411 g/mol. The predicted octanol–water partition coefficient (Wildman–Crippen LogP) is 3.34. The first-order valence-electron chi connectivity index (χ1n) is 5.56. The molecule has 2 rings (SSSR count). The lowest BCUT2D eigenvalue weighted by atomic mass is 10.2. The molecule has 0 aliphatic carbocycles. The third kappa shape index (κ3) is 4.04. The maximum Gasteiger partial charge on any atom is 0.337 e. The molecule has 0 saturated carbocycles. The van der Waals surface area contributed by atoms with Crippen molar-refractivity contribution in [3.05, 3.63) is 49.6 Å². The van der Waals surface area contributed by atoms with Crippen LogP contribution in [0.3, 0.4) is 0 Å². The lowest BCUT2D eigenvalue weighted by molar-refractivity contribution is 0.0697. The van der Waals surface area contributed by atoms with Crippen molar-refractivity contribution >= 4 is 54.9 Å². The molecule has 2 N–H and O–H groups in total. The van der Waals surface area contributed by atoms with Crippen molar-refractivity contribution in [2.45, 2.75) is 11.4 Å². The van der Waals surface area contributed by atoms with Crippen LogP contribution in [-0.2, 0) is 16.6 Å². The summed E-state index contributed by atoms with van der Waals surface area (Å²) in [6, 6.07) is 7.13. The van der Waals surface area contributed by atoms with E-state index in [0.29, 0.717) is 0 Å². The van der Waals surface area contributed by atoms with Crippen molar-refractivity contribution in [2.24, 2.45) is 0 Å². The third-order valence-electron chi connectivity index (χ3n) is 2.55. The van der Waals surface area contributed by atoms with E-state index in [1.54, 1.807) is 6.07 Å². The molecule has 0 bridgehead atoms. The van der Waals surface area contributed by atoms with Crippen molar-refractivity contribution in [3.8, 4) is 0 Å². The first kappa shape index (κ1) is 16.4. The van der Waals surface area contributed by atoms with Crippen molar-refractivity contribution in [1.29, 1.82) is 0 Å². The largest absolute Gasteiger partial charge is 0.478 e. The number of halogens is 2. The third-order valence-corrected chi connectivity index (χ3v) is 5.88. The SMILES string of the molecule is O=C(O)c1ccc(S(=O)(=O)NCc2ccc(Br)s2)cc1Cl. The molecule has 1 aromatic heterocycles. The smallest absolute Gasteiger partial charge is 0.337 e. The maximum absolute atomic E-state index is 12.1. The van der Waals surface area contributed by atoms with Gasteiger partial charge in [0.15, 0.2) is 0 Å². The number of rotatable bonds is 5. The molecule has 5 nitrogen and oxygen atoms in total. The zero-order valence-corrected chi connectivity index (χ0v) is 14.3. The highest BCUT2D eigenvalue weighted by molar-refractivity contribution is 9.11. The van der Waals surface area contributed by atoms with Crippen molar-refractivity contribution in [2.75, 3.05) is 0 Å². The molecule has 0 saturated heterocycles. The van der Waals surface area contributed by atoms with Gasteiger partial charge < -0.3 is 5.11 Å². The molecule has 2 aromatic rings. The summed E-state index contributed by atoms with van der Waals surface area (Å²) in [5.41, 5.74) is -0.141. The highest BCUT2D eigenvalue weighted by atomic mass is 79.9. The predicted molar refractivity (Wildman–Crippen MR) is 84.5 cm³/mol. The lowest BCUT2D eigenvalue weighted by Gasteiger charge is -2.07. The normalized spacial score (nSPS) is 11.5. The van der Waals surface area contributed by atoms with Gasteiger partial charge in [0.25, 0.3) is 0 Å². The van der Waals surface area contributed by atoms with Crippen LogP contribution in [0.5, 0.6) is 0 Å². The number of carboxylic acid groups (broad SMARTS) is 1. The molecule has 0 aliphatic heterocycles. The van der Waals surface area contributed by atoms with E-state index < -0.39 is 16.0 Å². The summed E-state index contributed by atoms with van der Waals surface area (Å²) in [7, 11) is -3.75. The first-order valence-corrected chi connectivity index (χ1v) is 9.03. The van der Waals surface area contributed by atoms with E-state index in [0.717, 1.165) is 14.7 Å². The van der Waals surface area contributed by atoms with Gasteiger partial charge in [0.2, 0.25) is 10.0 Å². The van der Waals surface area contributed by atoms with Gasteiger partial charge in [-0.15, -0.1) is 11.3 Å². The number of carboxylic acids is 1. The summed E-state index contributed by atoms with van der Waals surface area (Å²) in [4.78, 5) is 11.6. The quantitative estimate of drug-likeness (QED) is 0.792. The van der Waals surface area contributed by atoms with Crippen LogP contribution in [0.4, 0.5) is 0 Å². The fourth-order valence-corrected chi connectivity index (χ4v) is 4.41. The van der Waals surface area contributed by atoms with E-state index in [-0.39, 0.29) is 22.0 Å². The van der Waals surface area contributed by atoms with Crippen molar-refractivity contribution in [1.82, 2.24) is 4.72 Å². The number of carbonyl (C=O) groups is 1. The summed E-state index contributed by atoms with van der Waals surface area (Å²) in [5, 5.41) is 8.74. The molecule has 1 aromatic carbocycles. The van der Waals surface area contributed by atoms with Crippen molar-refractivity contribution < 1.29 is 18.3 Å². The van der Waals surface area contributed by atoms with Gasteiger partial charge in [-0.25, -0.2) is 17.9 Å². The zero-order chi connectivity index (χ0) is 15.6. The minimum absolute atomic E-state index is 0.0758. The number of hydrogen-bond acceptors (Lipinski definition) is 4. The van der Waals surface area contributed by atoms with E-state index in [9.17, 15) is 13.2 Å². The molecule has 0 fully saturated rings. The second-order valence-corrected chi connectivity index (χ2v) is 8.70. The minimum atomic E-state index is -3.75. The Morgan fingerprint density at radius 3 is 2.57 bits per heavy atom. The van der Waals surface area contributed by atoms with Gasteiger partial charge in [-0.1, -0.05) is 11.6 Å². The molecule has 0 radical (unpaired) electrons. The summed E-state index contributed by atoms with van der Waals surface area (Å²) in [6.45, 7) is 0.150. The maximum atomic E-state index is 12.1. The Morgan fingerprint density at radius 2 is 2.05 bits per heavy atom. The topological polar surface area (TPSA) is 83.5 Å². The standard InChI is InChI=1S/C12H9BrClNO4S2/c13-11-4-1-7(20-11)6-15-21(18,19)8-2-3-9(12(16)17)10(14)5-8/h1-5,15H,6H2,(H,16,17). The Labute approximate surface area is 138 Å². The average Bonchev–Trinajstić information content (AvgIpc) is 2.82. The number of aromatic carboxylic acids is 1. The van der Waals surface area contributed by atoms with E-state index in [2.05, 4.69) is 20.7 Å². The number of nitrogens with one attached hydrogen (secondary N) is 1. The van der Waals surface area contributed by atoms with Crippen LogP contribution in [0.25, 0.3) is 0 Å². The highest BCUT2D eigenvalue weighted by Crippen LogP contribution is 2.23. The molecule has 0 atom stereocenters. The highest BCUT2D eigenvalue weighted by Gasteiger charge is 2.17. The van der Waals surface area contributed by atoms with Gasteiger partial charge in [-0.3, -0.25) is 0 Å². The Kier molecular flexibility index (Phi) is 5.05. The molecule has 0 unspecified atom stereocenters. The molecular weight excluding hydrogens is 402 g/mol. The van der Waals surface area contributed by atoms with E-state index in [1.165, 1.54) is 23.5 Å². The molecule has 112 valence electrons. The fourth-order valence-electron chi connectivity index (χ4n) is 1.53. The Bertz CT molecular complexity index is 788. The number of hydrogen-bond donors (Lipinski definition) is 2. The molecule has 21 heavy (non-hydrogen) atoms. The molecule has 0 spiro atoms. The number of benzene rings is 1. The Balaban J connectivity index is 2.19. The second-order valence-electron chi connectivity index (χ2n) is 3.98.